The van der Waals surface area contributed by atoms with Crippen LogP contribution >= 0.6 is 0 Å². The summed E-state index contributed by atoms with van der Waals surface area (Å²) in [7, 11) is 0. The number of anilines is 1. The Balaban J connectivity index is 2.05. The summed E-state index contributed by atoms with van der Waals surface area (Å²) in [5.41, 5.74) is 6.48. The zero-order chi connectivity index (χ0) is 13.7. The largest absolute Gasteiger partial charge is 0.435 e. The van der Waals surface area contributed by atoms with Crippen molar-refractivity contribution >= 4 is 11.6 Å². The van der Waals surface area contributed by atoms with Crippen LogP contribution in [-0.4, -0.2) is 17.4 Å². The molecule has 96 valence electrons. The smallest absolute Gasteiger partial charge is 0.293 e. The van der Waals surface area contributed by atoms with E-state index in [0.29, 0.717) is 30.1 Å². The van der Waals surface area contributed by atoms with E-state index in [1.54, 1.807) is 24.3 Å². The molecule has 1 aromatic heterocycles. The Morgan fingerprint density at radius 3 is 2.79 bits per heavy atom. The number of carbonyl (C=O) groups excluding carboxylic acids is 1. The van der Waals surface area contributed by atoms with Crippen LogP contribution in [0.25, 0.3) is 0 Å². The second-order valence-corrected chi connectivity index (χ2v) is 3.80. The molecular formula is C13H12N4O2. The van der Waals surface area contributed by atoms with Gasteiger partial charge < -0.3 is 15.5 Å². The Morgan fingerprint density at radius 1 is 1.42 bits per heavy atom. The predicted molar refractivity (Wildman–Crippen MR) is 68.4 cm³/mol. The van der Waals surface area contributed by atoms with Gasteiger partial charge in [-0.15, -0.1) is 0 Å². The number of aromatic nitrogens is 1. The maximum atomic E-state index is 11.8. The minimum absolute atomic E-state index is 0.132. The number of hydrogen-bond acceptors (Lipinski definition) is 5. The molecule has 0 atom stereocenters. The normalized spacial score (nSPS) is 9.89. The first-order valence-corrected chi connectivity index (χ1v) is 5.69. The lowest BCUT2D eigenvalue weighted by Gasteiger charge is -2.02. The number of carbonyl (C=O) groups is 1. The monoisotopic (exact) mass is 256 g/mol. The van der Waals surface area contributed by atoms with Gasteiger partial charge in [0, 0.05) is 18.7 Å². The van der Waals surface area contributed by atoms with Gasteiger partial charge in [-0.25, -0.2) is 4.98 Å². The van der Waals surface area contributed by atoms with Crippen LogP contribution in [0, 0.1) is 11.3 Å². The van der Waals surface area contributed by atoms with Crippen molar-refractivity contribution in [1.82, 2.24) is 4.98 Å². The van der Waals surface area contributed by atoms with Crippen LogP contribution < -0.4 is 11.1 Å². The van der Waals surface area contributed by atoms with Crippen molar-refractivity contribution in [1.29, 1.82) is 5.26 Å². The fourth-order valence-corrected chi connectivity index (χ4v) is 1.48. The number of oxazole rings is 1. The molecule has 1 aromatic carbocycles. The zero-order valence-corrected chi connectivity index (χ0v) is 10.1. The highest BCUT2D eigenvalue weighted by Crippen LogP contribution is 2.11. The zero-order valence-electron chi connectivity index (χ0n) is 10.1. The summed E-state index contributed by atoms with van der Waals surface area (Å²) in [5, 5.41) is 11.3. The molecule has 1 heterocycles. The van der Waals surface area contributed by atoms with E-state index in [0.717, 1.165) is 0 Å². The van der Waals surface area contributed by atoms with Gasteiger partial charge in [-0.3, -0.25) is 4.79 Å². The SMILES string of the molecule is N#Cc1ccc(NC(=O)c2cnc(CCN)o2)cc1. The van der Waals surface area contributed by atoms with Crippen molar-refractivity contribution in [3.63, 3.8) is 0 Å². The molecule has 0 aliphatic heterocycles. The predicted octanol–water partition coefficient (Wildman–Crippen LogP) is 1.30. The Morgan fingerprint density at radius 2 is 2.16 bits per heavy atom. The number of benzene rings is 1. The Kier molecular flexibility index (Phi) is 3.90. The molecule has 6 heteroatoms. The molecular weight excluding hydrogens is 244 g/mol. The van der Waals surface area contributed by atoms with Gasteiger partial charge in [0.15, 0.2) is 5.89 Å². The molecule has 19 heavy (non-hydrogen) atoms. The van der Waals surface area contributed by atoms with E-state index in [1.807, 2.05) is 6.07 Å². The molecule has 0 aliphatic carbocycles. The summed E-state index contributed by atoms with van der Waals surface area (Å²) in [6, 6.07) is 8.54. The summed E-state index contributed by atoms with van der Waals surface area (Å²) in [4.78, 5) is 15.8. The molecule has 0 radical (unpaired) electrons. The third-order valence-corrected chi connectivity index (χ3v) is 2.41. The standard InChI is InChI=1S/C13H12N4O2/c14-6-5-12-16-8-11(19-12)13(18)17-10-3-1-9(7-15)2-4-10/h1-4,8H,5-6,14H2,(H,17,18). The lowest BCUT2D eigenvalue weighted by atomic mass is 10.2. The topological polar surface area (TPSA) is 105 Å². The molecule has 0 spiro atoms. The van der Waals surface area contributed by atoms with Crippen LogP contribution in [-0.2, 0) is 6.42 Å². The molecule has 0 fully saturated rings. The van der Waals surface area contributed by atoms with Gasteiger partial charge in [-0.05, 0) is 24.3 Å². The highest BCUT2D eigenvalue weighted by molar-refractivity contribution is 6.02. The average Bonchev–Trinajstić information content (AvgIpc) is 2.89. The fraction of sp³-hybridized carbons (Fsp3) is 0.154. The minimum Gasteiger partial charge on any atom is -0.435 e. The van der Waals surface area contributed by atoms with Crippen LogP contribution in [0.2, 0.25) is 0 Å². The number of amides is 1. The van der Waals surface area contributed by atoms with E-state index in [-0.39, 0.29) is 11.7 Å². The van der Waals surface area contributed by atoms with Crippen LogP contribution in [0.4, 0.5) is 5.69 Å². The molecule has 2 aromatic rings. The van der Waals surface area contributed by atoms with Gasteiger partial charge in [0.25, 0.3) is 5.91 Å². The quantitative estimate of drug-likeness (QED) is 0.857. The van der Waals surface area contributed by atoms with Gasteiger partial charge in [-0.2, -0.15) is 5.26 Å². The van der Waals surface area contributed by atoms with E-state index < -0.39 is 0 Å². The van der Waals surface area contributed by atoms with Crippen molar-refractivity contribution < 1.29 is 9.21 Å². The molecule has 3 N–H and O–H groups in total. The van der Waals surface area contributed by atoms with Crippen molar-refractivity contribution in [3.05, 3.63) is 47.7 Å². The fourth-order valence-electron chi connectivity index (χ4n) is 1.48. The maximum Gasteiger partial charge on any atom is 0.293 e. The first kappa shape index (κ1) is 12.8. The first-order chi connectivity index (χ1) is 9.22. The molecule has 0 unspecified atom stereocenters. The van der Waals surface area contributed by atoms with E-state index in [4.69, 9.17) is 15.4 Å². The Hall–Kier alpha value is -2.65. The van der Waals surface area contributed by atoms with E-state index in [1.165, 1.54) is 6.20 Å². The average molecular weight is 256 g/mol. The number of nitrogens with one attached hydrogen (secondary N) is 1. The second kappa shape index (κ2) is 5.80. The van der Waals surface area contributed by atoms with Gasteiger partial charge in [0.05, 0.1) is 17.8 Å². The Labute approximate surface area is 109 Å². The summed E-state index contributed by atoms with van der Waals surface area (Å²) < 4.78 is 5.25. The molecule has 0 saturated carbocycles. The van der Waals surface area contributed by atoms with Crippen molar-refractivity contribution in [3.8, 4) is 6.07 Å². The van der Waals surface area contributed by atoms with Gasteiger partial charge in [0.2, 0.25) is 5.76 Å². The number of nitrogens with two attached hydrogens (primary N) is 1. The summed E-state index contributed by atoms with van der Waals surface area (Å²) in [5.74, 6) is 0.181. The highest BCUT2D eigenvalue weighted by Gasteiger charge is 2.12. The number of nitriles is 1. The minimum atomic E-state index is -0.388. The van der Waals surface area contributed by atoms with Crippen LogP contribution in [0.1, 0.15) is 22.0 Å². The first-order valence-electron chi connectivity index (χ1n) is 5.69. The van der Waals surface area contributed by atoms with Crippen LogP contribution in [0.15, 0.2) is 34.9 Å². The lowest BCUT2D eigenvalue weighted by Crippen LogP contribution is -2.10. The van der Waals surface area contributed by atoms with E-state index >= 15 is 0 Å². The second-order valence-electron chi connectivity index (χ2n) is 3.80. The third-order valence-electron chi connectivity index (χ3n) is 2.41. The van der Waals surface area contributed by atoms with Crippen molar-refractivity contribution in [2.45, 2.75) is 6.42 Å². The summed E-state index contributed by atoms with van der Waals surface area (Å²) in [6.07, 6.45) is 1.86. The number of hydrogen-bond donors (Lipinski definition) is 2. The molecule has 2 rings (SSSR count). The van der Waals surface area contributed by atoms with E-state index in [9.17, 15) is 4.79 Å². The molecule has 0 saturated heterocycles. The molecule has 6 nitrogen and oxygen atoms in total. The summed E-state index contributed by atoms with van der Waals surface area (Å²) in [6.45, 7) is 0.414. The lowest BCUT2D eigenvalue weighted by molar-refractivity contribution is 0.0995. The molecule has 0 bridgehead atoms. The molecule has 0 aliphatic rings. The Bertz CT molecular complexity index is 610. The van der Waals surface area contributed by atoms with Gasteiger partial charge in [-0.1, -0.05) is 0 Å². The van der Waals surface area contributed by atoms with Crippen LogP contribution in [0.3, 0.4) is 0 Å². The maximum absolute atomic E-state index is 11.8. The van der Waals surface area contributed by atoms with E-state index in [2.05, 4.69) is 10.3 Å². The van der Waals surface area contributed by atoms with Gasteiger partial charge >= 0.3 is 0 Å². The number of rotatable bonds is 4. The summed E-state index contributed by atoms with van der Waals surface area (Å²) >= 11 is 0. The highest BCUT2D eigenvalue weighted by atomic mass is 16.4. The third kappa shape index (κ3) is 3.18. The number of nitrogens with zero attached hydrogens (tertiary/aromatic N) is 2. The molecule has 1 amide bonds. The van der Waals surface area contributed by atoms with Crippen molar-refractivity contribution in [2.24, 2.45) is 5.73 Å². The van der Waals surface area contributed by atoms with Gasteiger partial charge in [0.1, 0.15) is 0 Å². The van der Waals surface area contributed by atoms with Crippen LogP contribution in [0.5, 0.6) is 0 Å². The van der Waals surface area contributed by atoms with Crippen molar-refractivity contribution in [2.75, 3.05) is 11.9 Å².